The monoisotopic (exact) mass is 491 g/mol. The van der Waals surface area contributed by atoms with Gasteiger partial charge in [0.25, 0.3) is 0 Å². The predicted molar refractivity (Wildman–Crippen MR) is 153 cm³/mol. The molecular weight excluding hydrogens is 457 g/mol. The van der Waals surface area contributed by atoms with Crippen LogP contribution in [0.15, 0.2) is 67.3 Å². The van der Waals surface area contributed by atoms with Gasteiger partial charge in [0.1, 0.15) is 13.6 Å². The summed E-state index contributed by atoms with van der Waals surface area (Å²) in [4.78, 5) is 13.8. The van der Waals surface area contributed by atoms with Crippen molar-refractivity contribution < 1.29 is 4.74 Å². The Morgan fingerprint density at radius 2 is 1.76 bits per heavy atom. The molecule has 5 aromatic rings. The number of aromatic nitrogens is 5. The summed E-state index contributed by atoms with van der Waals surface area (Å²) in [6.07, 6.45) is 13.3. The van der Waals surface area contributed by atoms with E-state index < -0.39 is 0 Å². The van der Waals surface area contributed by atoms with Crippen LogP contribution in [-0.4, -0.2) is 38.5 Å². The van der Waals surface area contributed by atoms with Crippen molar-refractivity contribution in [2.24, 2.45) is 0 Å². The van der Waals surface area contributed by atoms with Crippen LogP contribution in [0.2, 0.25) is 0 Å². The minimum Gasteiger partial charge on any atom is -0.489 e. The normalized spacial score (nSPS) is 11.8. The Morgan fingerprint density at radius 1 is 0.892 bits per heavy atom. The van der Waals surface area contributed by atoms with Gasteiger partial charge in [-0.15, -0.1) is 0 Å². The number of benzene rings is 1. The highest BCUT2D eigenvalue weighted by Crippen LogP contribution is 2.30. The maximum Gasteiger partial charge on any atom is 0.162 e. The average molecular weight is 491 g/mol. The topological polar surface area (TPSA) is 65.2 Å². The molecular formula is C30H34BN5O. The van der Waals surface area contributed by atoms with Gasteiger partial charge in [0.15, 0.2) is 5.65 Å². The van der Waals surface area contributed by atoms with Crippen molar-refractivity contribution in [1.82, 2.24) is 24.6 Å². The van der Waals surface area contributed by atoms with Crippen LogP contribution >= 0.6 is 0 Å². The molecule has 1 unspecified atom stereocenters. The van der Waals surface area contributed by atoms with E-state index >= 15 is 0 Å². The molecule has 4 aromatic heterocycles. The van der Waals surface area contributed by atoms with Gasteiger partial charge in [-0.3, -0.25) is 9.97 Å². The Labute approximate surface area is 220 Å². The van der Waals surface area contributed by atoms with E-state index in [0.29, 0.717) is 5.59 Å². The Balaban J connectivity index is 0.00000156. The molecule has 2 radical (unpaired) electrons. The zero-order valence-electron chi connectivity index (χ0n) is 22.2. The lowest BCUT2D eigenvalue weighted by Gasteiger charge is -2.18. The molecule has 1 aromatic carbocycles. The number of hydrogen-bond donors (Lipinski definition) is 0. The van der Waals surface area contributed by atoms with Crippen LogP contribution < -0.4 is 10.3 Å². The lowest BCUT2D eigenvalue weighted by atomic mass is 9.99. The van der Waals surface area contributed by atoms with Gasteiger partial charge in [0.2, 0.25) is 0 Å². The van der Waals surface area contributed by atoms with Gasteiger partial charge < -0.3 is 4.74 Å². The van der Waals surface area contributed by atoms with Crippen LogP contribution in [0, 0.1) is 0 Å². The number of pyridine rings is 2. The average Bonchev–Trinajstić information content (AvgIpc) is 3.36. The van der Waals surface area contributed by atoms with Gasteiger partial charge in [-0.05, 0) is 42.2 Å². The molecule has 0 spiro atoms. The number of fused-ring (bicyclic) bond motifs is 2. The molecule has 0 bridgehead atoms. The standard InChI is InChI=1S/C28H28BN5O.C2H6/c1-3-5-8-20(7-4-2)35-21-11-13-25(30-16-21)19-15-31-28-24(17-32-34(28)18-19)22-9-6-10-26-23(22)12-14-27(29)33-26;1-2/h6,9-18,20H,3-5,7-8H2,1-2H3;1-2H3. The Morgan fingerprint density at radius 3 is 2.51 bits per heavy atom. The van der Waals surface area contributed by atoms with E-state index in [2.05, 4.69) is 35.0 Å². The van der Waals surface area contributed by atoms with E-state index in [9.17, 15) is 0 Å². The first-order valence-electron chi connectivity index (χ1n) is 13.3. The largest absolute Gasteiger partial charge is 0.489 e. The third-order valence-electron chi connectivity index (χ3n) is 6.23. The van der Waals surface area contributed by atoms with Crippen molar-refractivity contribution in [3.63, 3.8) is 0 Å². The summed E-state index contributed by atoms with van der Waals surface area (Å²) in [5.41, 5.74) is 5.81. The summed E-state index contributed by atoms with van der Waals surface area (Å²) in [7, 11) is 5.87. The molecule has 0 aliphatic heterocycles. The molecule has 0 aliphatic carbocycles. The zero-order valence-corrected chi connectivity index (χ0v) is 22.2. The number of hydrogen-bond acceptors (Lipinski definition) is 5. The molecule has 0 fully saturated rings. The number of ether oxygens (including phenoxy) is 1. The van der Waals surface area contributed by atoms with Crippen molar-refractivity contribution in [1.29, 1.82) is 0 Å². The highest BCUT2D eigenvalue weighted by molar-refractivity contribution is 6.31. The molecule has 0 N–H and O–H groups in total. The second kappa shape index (κ2) is 12.5. The molecule has 7 heteroatoms. The minimum atomic E-state index is 0.244. The van der Waals surface area contributed by atoms with E-state index in [-0.39, 0.29) is 6.10 Å². The number of nitrogens with zero attached hydrogens (tertiary/aromatic N) is 5. The molecule has 37 heavy (non-hydrogen) atoms. The summed E-state index contributed by atoms with van der Waals surface area (Å²) in [5, 5.41) is 5.58. The van der Waals surface area contributed by atoms with Gasteiger partial charge in [-0.2, -0.15) is 5.10 Å². The quantitative estimate of drug-likeness (QED) is 0.218. The summed E-state index contributed by atoms with van der Waals surface area (Å²) in [6, 6.07) is 13.8. The van der Waals surface area contributed by atoms with Crippen LogP contribution in [-0.2, 0) is 0 Å². The highest BCUT2D eigenvalue weighted by atomic mass is 16.5. The second-order valence-electron chi connectivity index (χ2n) is 8.83. The Kier molecular flexibility index (Phi) is 8.88. The van der Waals surface area contributed by atoms with Crippen molar-refractivity contribution in [3.05, 3.63) is 67.3 Å². The van der Waals surface area contributed by atoms with Gasteiger partial charge >= 0.3 is 0 Å². The van der Waals surface area contributed by atoms with E-state index in [1.165, 1.54) is 12.8 Å². The fourth-order valence-corrected chi connectivity index (χ4v) is 4.43. The number of unbranched alkanes of at least 4 members (excludes halogenated alkanes) is 1. The van der Waals surface area contributed by atoms with Gasteiger partial charge in [-0.1, -0.05) is 71.2 Å². The van der Waals surface area contributed by atoms with Crippen molar-refractivity contribution in [2.45, 2.75) is 65.9 Å². The zero-order chi connectivity index (χ0) is 26.2. The molecule has 1 atom stereocenters. The van der Waals surface area contributed by atoms with E-state index in [1.807, 2.05) is 68.8 Å². The molecule has 0 amide bonds. The number of rotatable bonds is 9. The van der Waals surface area contributed by atoms with Crippen LogP contribution in [0.4, 0.5) is 0 Å². The first kappa shape index (κ1) is 26.3. The van der Waals surface area contributed by atoms with E-state index in [1.54, 1.807) is 10.7 Å². The first-order valence-corrected chi connectivity index (χ1v) is 13.3. The van der Waals surface area contributed by atoms with Crippen LogP contribution in [0.3, 0.4) is 0 Å². The Hall–Kier alpha value is -3.74. The molecule has 0 saturated carbocycles. The molecule has 0 aliphatic rings. The van der Waals surface area contributed by atoms with Gasteiger partial charge in [-0.25, -0.2) is 9.50 Å². The fraction of sp³-hybridized carbons (Fsp3) is 0.333. The van der Waals surface area contributed by atoms with Crippen molar-refractivity contribution >= 4 is 30.0 Å². The summed E-state index contributed by atoms with van der Waals surface area (Å²) in [5.74, 6) is 0.809. The molecule has 4 heterocycles. The fourth-order valence-electron chi connectivity index (χ4n) is 4.43. The second-order valence-corrected chi connectivity index (χ2v) is 8.83. The van der Waals surface area contributed by atoms with Crippen LogP contribution in [0.25, 0.3) is 38.9 Å². The van der Waals surface area contributed by atoms with E-state index in [0.717, 1.165) is 63.9 Å². The third-order valence-corrected chi connectivity index (χ3v) is 6.23. The minimum absolute atomic E-state index is 0.244. The Bertz CT molecular complexity index is 1450. The maximum absolute atomic E-state index is 6.20. The summed E-state index contributed by atoms with van der Waals surface area (Å²) in [6.45, 7) is 8.41. The first-order chi connectivity index (χ1) is 18.2. The predicted octanol–water partition coefficient (Wildman–Crippen LogP) is 6.56. The third kappa shape index (κ3) is 5.99. The van der Waals surface area contributed by atoms with Crippen molar-refractivity contribution in [3.8, 4) is 28.1 Å². The van der Waals surface area contributed by atoms with Crippen LogP contribution in [0.5, 0.6) is 5.75 Å². The lowest BCUT2D eigenvalue weighted by molar-refractivity contribution is 0.176. The smallest absolute Gasteiger partial charge is 0.162 e. The SMILES string of the molecule is CC.[B]c1ccc2c(-c3cnn4cc(-c5ccc(OC(CCC)CCCC)cn5)cnc34)cccc2n1. The molecule has 188 valence electrons. The van der Waals surface area contributed by atoms with Crippen molar-refractivity contribution in [2.75, 3.05) is 0 Å². The molecule has 0 saturated heterocycles. The maximum atomic E-state index is 6.20. The summed E-state index contributed by atoms with van der Waals surface area (Å²) >= 11 is 0. The molecule has 5 rings (SSSR count). The lowest BCUT2D eigenvalue weighted by Crippen LogP contribution is -2.16. The summed E-state index contributed by atoms with van der Waals surface area (Å²) < 4.78 is 8.00. The van der Waals surface area contributed by atoms with Gasteiger partial charge in [0, 0.05) is 28.9 Å². The van der Waals surface area contributed by atoms with E-state index in [4.69, 9.17) is 17.6 Å². The molecule has 6 nitrogen and oxygen atoms in total. The highest BCUT2D eigenvalue weighted by Gasteiger charge is 2.14. The van der Waals surface area contributed by atoms with Crippen LogP contribution in [0.1, 0.15) is 59.8 Å². The van der Waals surface area contributed by atoms with Gasteiger partial charge in [0.05, 0.1) is 29.7 Å².